The van der Waals surface area contributed by atoms with Crippen molar-refractivity contribution < 1.29 is 14.4 Å². The fraction of sp³-hybridized carbons (Fsp3) is 0.111. The molecule has 0 fully saturated rings. The van der Waals surface area contributed by atoms with E-state index >= 15 is 0 Å². The molecule has 3 aromatic rings. The van der Waals surface area contributed by atoms with Gasteiger partial charge in [-0.3, -0.25) is 24.7 Å². The van der Waals surface area contributed by atoms with Crippen LogP contribution < -0.4 is 10.6 Å². The van der Waals surface area contributed by atoms with Gasteiger partial charge in [0.2, 0.25) is 5.91 Å². The number of anilines is 2. The molecule has 0 aliphatic carbocycles. The molecule has 0 saturated heterocycles. The number of thiazole rings is 1. The molecule has 0 aliphatic heterocycles. The Kier molecular flexibility index (Phi) is 5.62. The largest absolute Gasteiger partial charge is 0.326 e. The van der Waals surface area contributed by atoms with Gasteiger partial charge in [0.25, 0.3) is 5.91 Å². The van der Waals surface area contributed by atoms with Gasteiger partial charge in [-0.15, -0.1) is 11.3 Å². The molecule has 0 spiro atoms. The Morgan fingerprint density at radius 2 is 2.00 bits per heavy atom. The highest BCUT2D eigenvalue weighted by atomic mass is 32.1. The maximum atomic E-state index is 12.2. The zero-order valence-corrected chi connectivity index (χ0v) is 15.1. The van der Waals surface area contributed by atoms with Crippen LogP contribution in [0.15, 0.2) is 48.2 Å². The van der Waals surface area contributed by atoms with Crippen LogP contribution in [0.4, 0.5) is 10.8 Å². The van der Waals surface area contributed by atoms with Crippen LogP contribution >= 0.6 is 11.3 Å². The first-order chi connectivity index (χ1) is 13.0. The smallest absolute Gasteiger partial charge is 0.277 e. The Labute approximate surface area is 158 Å². The van der Waals surface area contributed by atoms with E-state index in [1.807, 2.05) is 0 Å². The molecule has 1 aromatic carbocycles. The number of benzene rings is 1. The molecule has 2 aromatic heterocycles. The van der Waals surface area contributed by atoms with Crippen LogP contribution in [0.5, 0.6) is 0 Å². The highest BCUT2D eigenvalue weighted by Crippen LogP contribution is 2.17. The lowest BCUT2D eigenvalue weighted by Crippen LogP contribution is -2.16. The second-order valence-corrected chi connectivity index (χ2v) is 6.41. The van der Waals surface area contributed by atoms with E-state index in [2.05, 4.69) is 25.6 Å². The van der Waals surface area contributed by atoms with E-state index in [-0.39, 0.29) is 23.8 Å². The van der Waals surface area contributed by atoms with Crippen LogP contribution in [0.2, 0.25) is 0 Å². The molecule has 0 bridgehead atoms. The summed E-state index contributed by atoms with van der Waals surface area (Å²) in [5, 5.41) is 7.41. The van der Waals surface area contributed by atoms with E-state index < -0.39 is 5.91 Å². The zero-order chi connectivity index (χ0) is 19.2. The first-order valence-corrected chi connectivity index (χ1v) is 8.82. The monoisotopic (exact) mass is 381 g/mol. The number of aromatic nitrogens is 3. The van der Waals surface area contributed by atoms with E-state index in [9.17, 15) is 14.4 Å². The summed E-state index contributed by atoms with van der Waals surface area (Å²) in [6.45, 7) is 1.47. The quantitative estimate of drug-likeness (QED) is 0.634. The van der Waals surface area contributed by atoms with Gasteiger partial charge < -0.3 is 5.32 Å². The van der Waals surface area contributed by atoms with Crippen LogP contribution in [0.25, 0.3) is 0 Å². The average molecular weight is 381 g/mol. The number of hydrogen-bond donors (Lipinski definition) is 2. The summed E-state index contributed by atoms with van der Waals surface area (Å²) in [4.78, 5) is 47.6. The van der Waals surface area contributed by atoms with Crippen LogP contribution in [-0.4, -0.2) is 32.5 Å². The summed E-state index contributed by atoms with van der Waals surface area (Å²) in [7, 11) is 0. The third-order valence-electron chi connectivity index (χ3n) is 3.46. The molecule has 2 heterocycles. The van der Waals surface area contributed by atoms with Crippen molar-refractivity contribution in [1.82, 2.24) is 15.0 Å². The maximum absolute atomic E-state index is 12.2. The molecule has 2 N–H and O–H groups in total. The molecule has 0 saturated carbocycles. The Bertz CT molecular complexity index is 987. The van der Waals surface area contributed by atoms with Crippen molar-refractivity contribution in [3.63, 3.8) is 0 Å². The molecule has 0 radical (unpaired) electrons. The third-order valence-corrected chi connectivity index (χ3v) is 4.27. The summed E-state index contributed by atoms with van der Waals surface area (Å²) in [6, 6.07) is 6.71. The Hall–Kier alpha value is -3.46. The molecular formula is C18H15N5O3S. The van der Waals surface area contributed by atoms with Crippen molar-refractivity contribution in [1.29, 1.82) is 0 Å². The lowest BCUT2D eigenvalue weighted by atomic mass is 10.1. The highest BCUT2D eigenvalue weighted by Gasteiger charge is 2.12. The van der Waals surface area contributed by atoms with Crippen molar-refractivity contribution in [2.45, 2.75) is 13.3 Å². The van der Waals surface area contributed by atoms with Gasteiger partial charge in [0.1, 0.15) is 5.69 Å². The van der Waals surface area contributed by atoms with E-state index in [4.69, 9.17) is 0 Å². The van der Waals surface area contributed by atoms with Crippen molar-refractivity contribution >= 4 is 39.8 Å². The number of carbonyl (C=O) groups excluding carboxylic acids is 3. The molecule has 9 heteroatoms. The topological polar surface area (TPSA) is 114 Å². The molecule has 0 atom stereocenters. The van der Waals surface area contributed by atoms with Gasteiger partial charge in [-0.25, -0.2) is 9.97 Å². The number of hydrogen-bond acceptors (Lipinski definition) is 7. The second-order valence-electron chi connectivity index (χ2n) is 5.55. The molecule has 8 nitrogen and oxygen atoms in total. The molecule has 2 amide bonds. The van der Waals surface area contributed by atoms with Gasteiger partial charge in [0.05, 0.1) is 18.3 Å². The summed E-state index contributed by atoms with van der Waals surface area (Å²) in [5.74, 6) is -0.767. The fourth-order valence-corrected chi connectivity index (χ4v) is 2.91. The first kappa shape index (κ1) is 18.3. The van der Waals surface area contributed by atoms with Gasteiger partial charge in [-0.1, -0.05) is 12.1 Å². The maximum Gasteiger partial charge on any atom is 0.277 e. The average Bonchev–Trinajstić information content (AvgIpc) is 3.09. The molecular weight excluding hydrogens is 366 g/mol. The number of Topliss-reactive ketones (excluding diaryl/α,β-unsaturated/α-hetero) is 1. The minimum Gasteiger partial charge on any atom is -0.326 e. The number of ketones is 1. The Balaban J connectivity index is 1.59. The van der Waals surface area contributed by atoms with Gasteiger partial charge in [-0.2, -0.15) is 0 Å². The zero-order valence-electron chi connectivity index (χ0n) is 14.3. The SMILES string of the molecule is CC(=O)c1cccc(NC(=O)Cc2csc(NC(=O)c3cnccn3)n2)c1. The summed E-state index contributed by atoms with van der Waals surface area (Å²) < 4.78 is 0. The predicted molar refractivity (Wildman–Crippen MR) is 101 cm³/mol. The van der Waals surface area contributed by atoms with Crippen molar-refractivity contribution in [3.05, 3.63) is 65.2 Å². The normalized spacial score (nSPS) is 10.3. The van der Waals surface area contributed by atoms with Gasteiger partial charge in [0, 0.05) is 29.0 Å². The summed E-state index contributed by atoms with van der Waals surface area (Å²) in [6.07, 6.45) is 4.30. The predicted octanol–water partition coefficient (Wildman–Crippen LogP) is 2.57. The minimum atomic E-state index is -0.422. The molecule has 3 rings (SSSR count). The number of rotatable bonds is 6. The van der Waals surface area contributed by atoms with E-state index in [0.717, 1.165) is 0 Å². The number of nitrogens with zero attached hydrogens (tertiary/aromatic N) is 3. The fourth-order valence-electron chi connectivity index (χ4n) is 2.21. The number of nitrogens with one attached hydrogen (secondary N) is 2. The Morgan fingerprint density at radius 3 is 2.74 bits per heavy atom. The standard InChI is InChI=1S/C18H15N5O3S/c1-11(24)12-3-2-4-13(7-12)21-16(25)8-14-10-27-18(22-14)23-17(26)15-9-19-5-6-20-15/h2-7,9-10H,8H2,1H3,(H,21,25)(H,22,23,26). The Morgan fingerprint density at radius 1 is 1.15 bits per heavy atom. The lowest BCUT2D eigenvalue weighted by Gasteiger charge is -2.05. The van der Waals surface area contributed by atoms with Crippen molar-refractivity contribution in [2.75, 3.05) is 10.6 Å². The summed E-state index contributed by atoms with van der Waals surface area (Å²) >= 11 is 1.21. The number of carbonyl (C=O) groups is 3. The van der Waals surface area contributed by atoms with Crippen LogP contribution in [-0.2, 0) is 11.2 Å². The highest BCUT2D eigenvalue weighted by molar-refractivity contribution is 7.14. The minimum absolute atomic E-state index is 0.0435. The van der Waals surface area contributed by atoms with E-state index in [0.29, 0.717) is 22.1 Å². The van der Waals surface area contributed by atoms with Crippen molar-refractivity contribution in [3.8, 4) is 0 Å². The third kappa shape index (κ3) is 5.02. The van der Waals surface area contributed by atoms with Crippen LogP contribution in [0.3, 0.4) is 0 Å². The van der Waals surface area contributed by atoms with Gasteiger partial charge in [0.15, 0.2) is 10.9 Å². The van der Waals surface area contributed by atoms with Crippen LogP contribution in [0, 0.1) is 0 Å². The molecule has 27 heavy (non-hydrogen) atoms. The van der Waals surface area contributed by atoms with Gasteiger partial charge in [-0.05, 0) is 19.1 Å². The van der Waals surface area contributed by atoms with Crippen molar-refractivity contribution in [2.24, 2.45) is 0 Å². The molecule has 0 unspecified atom stereocenters. The lowest BCUT2D eigenvalue weighted by molar-refractivity contribution is -0.115. The molecule has 0 aliphatic rings. The van der Waals surface area contributed by atoms with Crippen LogP contribution in [0.1, 0.15) is 33.5 Å². The second kappa shape index (κ2) is 8.28. The van der Waals surface area contributed by atoms with E-state index in [1.54, 1.807) is 29.6 Å². The van der Waals surface area contributed by atoms with E-state index in [1.165, 1.54) is 36.9 Å². The van der Waals surface area contributed by atoms with Gasteiger partial charge >= 0.3 is 0 Å². The first-order valence-electron chi connectivity index (χ1n) is 7.94. The summed E-state index contributed by atoms with van der Waals surface area (Å²) in [5.41, 5.74) is 1.77. The number of amides is 2. The molecule has 136 valence electrons.